The van der Waals surface area contributed by atoms with Gasteiger partial charge in [-0.05, 0) is 30.7 Å². The van der Waals surface area contributed by atoms with Crippen molar-refractivity contribution in [3.63, 3.8) is 0 Å². The molecule has 1 aromatic carbocycles. The van der Waals surface area contributed by atoms with Gasteiger partial charge in [0.2, 0.25) is 0 Å². The Labute approximate surface area is 189 Å². The second-order valence-corrected chi connectivity index (χ2v) is 10.3. The van der Waals surface area contributed by atoms with Gasteiger partial charge >= 0.3 is 0 Å². The number of nitrogens with one attached hydrogen (secondary N) is 1. The van der Waals surface area contributed by atoms with Gasteiger partial charge in [0.05, 0.1) is 38.2 Å². The van der Waals surface area contributed by atoms with Crippen LogP contribution in [0.1, 0.15) is 23.8 Å². The van der Waals surface area contributed by atoms with E-state index in [2.05, 4.69) is 24.0 Å². The van der Waals surface area contributed by atoms with Crippen molar-refractivity contribution in [2.24, 2.45) is 5.92 Å². The molecule has 1 aliphatic carbocycles. The number of aryl methyl sites for hydroxylation is 1. The number of quaternary nitrogens is 1. The van der Waals surface area contributed by atoms with Crippen LogP contribution >= 0.6 is 11.3 Å². The van der Waals surface area contributed by atoms with Crippen molar-refractivity contribution < 1.29 is 10.0 Å². The predicted molar refractivity (Wildman–Crippen MR) is 128 cm³/mol. The smallest absolute Gasteiger partial charge is 0.283 e. The van der Waals surface area contributed by atoms with E-state index in [0.717, 1.165) is 78.8 Å². The van der Waals surface area contributed by atoms with Gasteiger partial charge in [-0.1, -0.05) is 31.2 Å². The molecular formula is C24H28N5O2S+. The van der Waals surface area contributed by atoms with Crippen molar-refractivity contribution in [3.8, 4) is 0 Å². The van der Waals surface area contributed by atoms with E-state index < -0.39 is 0 Å². The molecule has 0 saturated carbocycles. The summed E-state index contributed by atoms with van der Waals surface area (Å²) in [6, 6.07) is 8.17. The van der Waals surface area contributed by atoms with Crippen molar-refractivity contribution in [1.29, 1.82) is 0 Å². The summed E-state index contributed by atoms with van der Waals surface area (Å²) in [4.78, 5) is 24.6. The zero-order valence-electron chi connectivity index (χ0n) is 18.3. The molecule has 32 heavy (non-hydrogen) atoms. The van der Waals surface area contributed by atoms with Gasteiger partial charge in [0, 0.05) is 15.6 Å². The molecule has 1 atom stereocenters. The molecule has 7 nitrogen and oxygen atoms in total. The number of nitrogens with zero attached hydrogens (tertiary/aromatic N) is 4. The maximum absolute atomic E-state index is 13.7. The maximum atomic E-state index is 13.7. The summed E-state index contributed by atoms with van der Waals surface area (Å²) in [5.41, 5.74) is 1.82. The fourth-order valence-corrected chi connectivity index (χ4v) is 6.72. The highest BCUT2D eigenvalue weighted by Gasteiger charge is 2.26. The lowest BCUT2D eigenvalue weighted by Gasteiger charge is -2.33. The Bertz CT molecular complexity index is 1390. The molecule has 1 fully saturated rings. The quantitative estimate of drug-likeness (QED) is 0.460. The van der Waals surface area contributed by atoms with Gasteiger partial charge in [-0.3, -0.25) is 4.79 Å². The number of aliphatic hydroxyl groups is 1. The van der Waals surface area contributed by atoms with E-state index in [9.17, 15) is 9.90 Å². The summed E-state index contributed by atoms with van der Waals surface area (Å²) in [7, 11) is 0. The molecule has 3 aromatic heterocycles. The summed E-state index contributed by atoms with van der Waals surface area (Å²) in [6.45, 7) is 6.90. The second-order valence-electron chi connectivity index (χ2n) is 9.26. The van der Waals surface area contributed by atoms with E-state index in [4.69, 9.17) is 10.1 Å². The first kappa shape index (κ1) is 20.1. The van der Waals surface area contributed by atoms with Crippen LogP contribution in [0.5, 0.6) is 0 Å². The van der Waals surface area contributed by atoms with Crippen LogP contribution in [-0.4, -0.2) is 59.0 Å². The van der Waals surface area contributed by atoms with Crippen LogP contribution < -0.4 is 15.4 Å². The third-order valence-electron chi connectivity index (χ3n) is 7.15. The monoisotopic (exact) mass is 450 g/mol. The van der Waals surface area contributed by atoms with Gasteiger partial charge in [0.15, 0.2) is 11.5 Å². The van der Waals surface area contributed by atoms with Gasteiger partial charge in [0.25, 0.3) is 5.56 Å². The molecule has 1 saturated heterocycles. The molecule has 4 aromatic rings. The topological polar surface area (TPSA) is 75.2 Å². The summed E-state index contributed by atoms with van der Waals surface area (Å²) in [6.07, 6.45) is 3.12. The van der Waals surface area contributed by atoms with Crippen LogP contribution in [0, 0.1) is 5.92 Å². The molecule has 8 heteroatoms. The fourth-order valence-electron chi connectivity index (χ4n) is 5.35. The van der Waals surface area contributed by atoms with E-state index in [1.165, 1.54) is 15.3 Å². The van der Waals surface area contributed by atoms with Gasteiger partial charge in [-0.2, -0.15) is 4.52 Å². The van der Waals surface area contributed by atoms with Gasteiger partial charge in [-0.15, -0.1) is 16.4 Å². The minimum atomic E-state index is -0.0337. The van der Waals surface area contributed by atoms with Crippen LogP contribution in [0.2, 0.25) is 0 Å². The van der Waals surface area contributed by atoms with E-state index in [0.29, 0.717) is 11.6 Å². The largest absolute Gasteiger partial charge is 0.391 e. The lowest BCUT2D eigenvalue weighted by atomic mass is 9.89. The number of thiophene rings is 1. The lowest BCUT2D eigenvalue weighted by Crippen LogP contribution is -3.15. The lowest BCUT2D eigenvalue weighted by molar-refractivity contribution is -0.900. The van der Waals surface area contributed by atoms with E-state index in [1.54, 1.807) is 15.9 Å². The van der Waals surface area contributed by atoms with Gasteiger partial charge < -0.3 is 14.9 Å². The molecule has 2 aliphatic rings. The highest BCUT2D eigenvalue weighted by atomic mass is 32.1. The van der Waals surface area contributed by atoms with Crippen LogP contribution in [0.15, 0.2) is 29.1 Å². The second kappa shape index (κ2) is 7.79. The normalized spacial score (nSPS) is 19.8. The Balaban J connectivity index is 1.55. The molecule has 0 unspecified atom stereocenters. The van der Waals surface area contributed by atoms with Gasteiger partial charge in [0.1, 0.15) is 11.4 Å². The first-order valence-corrected chi connectivity index (χ1v) is 12.4. The molecule has 0 spiro atoms. The highest BCUT2D eigenvalue weighted by Crippen LogP contribution is 2.36. The van der Waals surface area contributed by atoms with Gasteiger partial charge in [-0.25, -0.2) is 4.98 Å². The molecule has 6 rings (SSSR count). The molecule has 166 valence electrons. The first-order chi connectivity index (χ1) is 15.6. The Morgan fingerprint density at radius 2 is 2.00 bits per heavy atom. The summed E-state index contributed by atoms with van der Waals surface area (Å²) >= 11 is 1.69. The molecule has 4 heterocycles. The fraction of sp³-hybridized carbons (Fsp3) is 0.458. The molecule has 2 N–H and O–H groups in total. The number of benzene rings is 1. The van der Waals surface area contributed by atoms with E-state index in [1.807, 2.05) is 12.1 Å². The van der Waals surface area contributed by atoms with Crippen molar-refractivity contribution in [1.82, 2.24) is 14.6 Å². The van der Waals surface area contributed by atoms with Crippen molar-refractivity contribution in [3.05, 3.63) is 45.1 Å². The third kappa shape index (κ3) is 3.12. The first-order valence-electron chi connectivity index (χ1n) is 11.6. The number of piperazine rings is 1. The summed E-state index contributed by atoms with van der Waals surface area (Å²) in [5, 5.41) is 17.0. The number of hydrogen-bond donors (Lipinski definition) is 2. The molecule has 1 aliphatic heterocycles. The maximum Gasteiger partial charge on any atom is 0.283 e. The average molecular weight is 451 g/mol. The highest BCUT2D eigenvalue weighted by molar-refractivity contribution is 7.18. The van der Waals surface area contributed by atoms with E-state index >= 15 is 0 Å². The molecule has 0 amide bonds. The zero-order valence-corrected chi connectivity index (χ0v) is 19.1. The molecule has 0 bridgehead atoms. The standard InChI is InChI=1S/C24H27N5O2S/c1-15-6-7-18-19(14-15)32-23-20(18)24(31)29-21(25-23)16-4-2-3-5-17(16)22(26-29)28-10-8-27(9-11-28)12-13-30/h2-5,15,30H,6-14H2,1H3/p+1/t15-/m0/s1. The van der Waals surface area contributed by atoms with Crippen LogP contribution in [-0.2, 0) is 12.8 Å². The summed E-state index contributed by atoms with van der Waals surface area (Å²) in [5.74, 6) is 1.52. The third-order valence-corrected chi connectivity index (χ3v) is 8.29. The SMILES string of the molecule is C[C@H]1CCc2c(sc3nc4c5ccccc5c(N5CC[NH+](CCO)CC5)nn4c(=O)c23)C1. The number of aliphatic hydroxyl groups excluding tert-OH is 1. The number of hydrogen-bond acceptors (Lipinski definition) is 6. The number of fused-ring (bicyclic) bond motifs is 6. The zero-order chi connectivity index (χ0) is 21.8. The Kier molecular flexibility index (Phi) is 4.89. The minimum Gasteiger partial charge on any atom is -0.391 e. The van der Waals surface area contributed by atoms with Crippen LogP contribution in [0.4, 0.5) is 5.82 Å². The molecule has 0 radical (unpaired) electrons. The Morgan fingerprint density at radius 1 is 1.22 bits per heavy atom. The summed E-state index contributed by atoms with van der Waals surface area (Å²) < 4.78 is 1.55. The average Bonchev–Trinajstić information content (AvgIpc) is 3.17. The Morgan fingerprint density at radius 3 is 2.78 bits per heavy atom. The van der Waals surface area contributed by atoms with Crippen LogP contribution in [0.25, 0.3) is 26.6 Å². The minimum absolute atomic E-state index is 0.0337. The number of anilines is 1. The van der Waals surface area contributed by atoms with Crippen molar-refractivity contribution >= 4 is 43.8 Å². The predicted octanol–water partition coefficient (Wildman–Crippen LogP) is 1.28. The Hall–Kier alpha value is -2.55. The van der Waals surface area contributed by atoms with Crippen LogP contribution in [0.3, 0.4) is 0 Å². The number of rotatable bonds is 3. The molecular weight excluding hydrogens is 422 g/mol. The van der Waals surface area contributed by atoms with Crippen molar-refractivity contribution in [2.75, 3.05) is 44.2 Å². The number of aromatic nitrogens is 3. The van der Waals surface area contributed by atoms with Crippen molar-refractivity contribution in [2.45, 2.75) is 26.2 Å². The van der Waals surface area contributed by atoms with E-state index in [-0.39, 0.29) is 12.2 Å².